The third kappa shape index (κ3) is 2.89. The number of aromatic nitrogens is 2. The summed E-state index contributed by atoms with van der Waals surface area (Å²) < 4.78 is 1.82. The van der Waals surface area contributed by atoms with E-state index in [2.05, 4.69) is 21.9 Å². The molecule has 0 bridgehead atoms. The third-order valence-electron chi connectivity index (χ3n) is 2.80. The highest BCUT2D eigenvalue weighted by Gasteiger charge is 2.14. The molecule has 0 aliphatic rings. The van der Waals surface area contributed by atoms with Crippen LogP contribution in [0.25, 0.3) is 0 Å². The first kappa shape index (κ1) is 12.6. The molecular weight excluding hydrogens is 254 g/mol. The first-order valence-electron chi connectivity index (χ1n) is 5.52. The van der Waals surface area contributed by atoms with Gasteiger partial charge in [-0.1, -0.05) is 11.6 Å². The summed E-state index contributed by atoms with van der Waals surface area (Å²) in [5.74, 6) is 0. The Kier molecular flexibility index (Phi) is 3.86. The number of nitrogens with zero attached hydrogens (tertiary/aromatic N) is 2. The first-order valence-corrected chi connectivity index (χ1v) is 6.84. The second kappa shape index (κ2) is 5.21. The highest BCUT2D eigenvalue weighted by molar-refractivity contribution is 7.07. The molecule has 0 radical (unpaired) electrons. The van der Waals surface area contributed by atoms with Crippen LogP contribution in [0.1, 0.15) is 17.0 Å². The summed E-state index contributed by atoms with van der Waals surface area (Å²) in [7, 11) is 1.91. The van der Waals surface area contributed by atoms with Crippen LogP contribution in [0.4, 0.5) is 0 Å². The minimum absolute atomic E-state index is 0.0805. The molecule has 17 heavy (non-hydrogen) atoms. The number of rotatable bonds is 4. The fraction of sp³-hybridized carbons (Fsp3) is 0.417. The molecule has 1 atom stereocenters. The van der Waals surface area contributed by atoms with Gasteiger partial charge in [-0.2, -0.15) is 16.4 Å². The van der Waals surface area contributed by atoms with Crippen LogP contribution in [0.3, 0.4) is 0 Å². The predicted molar refractivity (Wildman–Crippen MR) is 72.7 cm³/mol. The number of halogens is 1. The van der Waals surface area contributed by atoms with Crippen molar-refractivity contribution in [3.05, 3.63) is 38.8 Å². The molecule has 5 heteroatoms. The number of hydrogen-bond acceptors (Lipinski definition) is 3. The van der Waals surface area contributed by atoms with Gasteiger partial charge in [-0.15, -0.1) is 0 Å². The van der Waals surface area contributed by atoms with Gasteiger partial charge < -0.3 is 5.73 Å². The normalized spacial score (nSPS) is 12.9. The number of thiophene rings is 1. The molecule has 0 fully saturated rings. The molecule has 2 aromatic heterocycles. The van der Waals surface area contributed by atoms with Crippen molar-refractivity contribution in [1.82, 2.24) is 9.78 Å². The van der Waals surface area contributed by atoms with Gasteiger partial charge in [0.25, 0.3) is 0 Å². The Morgan fingerprint density at radius 3 is 2.82 bits per heavy atom. The van der Waals surface area contributed by atoms with Crippen LogP contribution in [0, 0.1) is 6.92 Å². The first-order chi connectivity index (χ1) is 8.08. The minimum Gasteiger partial charge on any atom is -0.327 e. The molecule has 0 aliphatic heterocycles. The highest BCUT2D eigenvalue weighted by atomic mass is 35.5. The molecule has 2 aromatic rings. The van der Waals surface area contributed by atoms with Gasteiger partial charge in [0.1, 0.15) is 0 Å². The summed E-state index contributed by atoms with van der Waals surface area (Å²) >= 11 is 7.90. The van der Waals surface area contributed by atoms with E-state index in [0.29, 0.717) is 0 Å². The van der Waals surface area contributed by atoms with Crippen LogP contribution in [-0.4, -0.2) is 15.8 Å². The van der Waals surface area contributed by atoms with Crippen molar-refractivity contribution in [2.75, 3.05) is 0 Å². The van der Waals surface area contributed by atoms with Crippen molar-refractivity contribution in [3.8, 4) is 0 Å². The molecule has 2 N–H and O–H groups in total. The van der Waals surface area contributed by atoms with Gasteiger partial charge in [-0.3, -0.25) is 4.68 Å². The van der Waals surface area contributed by atoms with E-state index in [1.165, 1.54) is 5.56 Å². The summed E-state index contributed by atoms with van der Waals surface area (Å²) in [5, 5.41) is 9.24. The summed E-state index contributed by atoms with van der Waals surface area (Å²) in [6.07, 6.45) is 1.63. The van der Waals surface area contributed by atoms with Crippen LogP contribution in [0.5, 0.6) is 0 Å². The summed E-state index contributed by atoms with van der Waals surface area (Å²) in [6.45, 7) is 1.91. The van der Waals surface area contributed by atoms with Crippen molar-refractivity contribution in [2.45, 2.75) is 25.8 Å². The zero-order chi connectivity index (χ0) is 12.4. The Morgan fingerprint density at radius 2 is 2.29 bits per heavy atom. The predicted octanol–water partition coefficient (Wildman–Crippen LogP) is 2.56. The second-order valence-electron chi connectivity index (χ2n) is 4.27. The van der Waals surface area contributed by atoms with Crippen LogP contribution in [0.2, 0.25) is 5.02 Å². The monoisotopic (exact) mass is 269 g/mol. The van der Waals surface area contributed by atoms with E-state index in [0.717, 1.165) is 29.3 Å². The molecule has 0 aromatic carbocycles. The molecule has 2 rings (SSSR count). The quantitative estimate of drug-likeness (QED) is 0.927. The van der Waals surface area contributed by atoms with E-state index in [1.54, 1.807) is 11.3 Å². The van der Waals surface area contributed by atoms with Gasteiger partial charge >= 0.3 is 0 Å². The summed E-state index contributed by atoms with van der Waals surface area (Å²) in [6, 6.07) is 2.19. The molecule has 0 aliphatic carbocycles. The lowest BCUT2D eigenvalue weighted by Crippen LogP contribution is -2.26. The van der Waals surface area contributed by atoms with Gasteiger partial charge in [-0.25, -0.2) is 0 Å². The molecule has 92 valence electrons. The van der Waals surface area contributed by atoms with E-state index < -0.39 is 0 Å². The average molecular weight is 270 g/mol. The van der Waals surface area contributed by atoms with Crippen LogP contribution in [0.15, 0.2) is 16.8 Å². The zero-order valence-electron chi connectivity index (χ0n) is 9.98. The smallest absolute Gasteiger partial charge is 0.0847 e. The van der Waals surface area contributed by atoms with E-state index in [-0.39, 0.29) is 6.04 Å². The van der Waals surface area contributed by atoms with Crippen molar-refractivity contribution >= 4 is 22.9 Å². The fourth-order valence-corrected chi connectivity index (χ4v) is 2.85. The van der Waals surface area contributed by atoms with E-state index in [4.69, 9.17) is 17.3 Å². The van der Waals surface area contributed by atoms with E-state index in [1.807, 2.05) is 18.7 Å². The van der Waals surface area contributed by atoms with Gasteiger partial charge in [0.05, 0.1) is 16.4 Å². The maximum atomic E-state index is 6.20. The summed E-state index contributed by atoms with van der Waals surface area (Å²) in [4.78, 5) is 0. The van der Waals surface area contributed by atoms with Crippen LogP contribution in [-0.2, 0) is 19.9 Å². The Labute approximate surface area is 110 Å². The maximum absolute atomic E-state index is 6.20. The lowest BCUT2D eigenvalue weighted by molar-refractivity contribution is 0.613. The van der Waals surface area contributed by atoms with Gasteiger partial charge in [0.15, 0.2) is 0 Å². The Bertz CT molecular complexity index is 490. The second-order valence-corrected chi connectivity index (χ2v) is 5.43. The van der Waals surface area contributed by atoms with Gasteiger partial charge in [0.2, 0.25) is 0 Å². The summed E-state index contributed by atoms with van der Waals surface area (Å²) in [5.41, 5.74) is 9.33. The molecular formula is C12H16ClN3S. The number of hydrogen-bond donors (Lipinski definition) is 1. The van der Waals surface area contributed by atoms with Gasteiger partial charge in [0, 0.05) is 19.5 Å². The number of nitrogens with two attached hydrogens (primary N) is 1. The van der Waals surface area contributed by atoms with E-state index in [9.17, 15) is 0 Å². The third-order valence-corrected chi connectivity index (χ3v) is 4.02. The highest BCUT2D eigenvalue weighted by Crippen LogP contribution is 2.21. The molecule has 0 saturated heterocycles. The molecule has 2 heterocycles. The SMILES string of the molecule is Cc1nn(C)c(CC(N)Cc2ccsc2)c1Cl. The van der Waals surface area contributed by atoms with Crippen LogP contribution < -0.4 is 5.73 Å². The maximum Gasteiger partial charge on any atom is 0.0847 e. The van der Waals surface area contributed by atoms with Crippen molar-refractivity contribution in [2.24, 2.45) is 12.8 Å². The Balaban J connectivity index is 2.05. The Hall–Kier alpha value is -0.840. The molecule has 0 saturated carbocycles. The van der Waals surface area contributed by atoms with Crippen molar-refractivity contribution in [1.29, 1.82) is 0 Å². The Morgan fingerprint density at radius 1 is 1.53 bits per heavy atom. The molecule has 0 spiro atoms. The molecule has 0 amide bonds. The zero-order valence-corrected chi connectivity index (χ0v) is 11.6. The fourth-order valence-electron chi connectivity index (χ4n) is 1.93. The van der Waals surface area contributed by atoms with Gasteiger partial charge in [-0.05, 0) is 35.7 Å². The average Bonchev–Trinajstić information content (AvgIpc) is 2.83. The minimum atomic E-state index is 0.0805. The molecule has 3 nitrogen and oxygen atoms in total. The van der Waals surface area contributed by atoms with Crippen molar-refractivity contribution < 1.29 is 0 Å². The van der Waals surface area contributed by atoms with E-state index >= 15 is 0 Å². The molecule has 1 unspecified atom stereocenters. The largest absolute Gasteiger partial charge is 0.327 e. The standard InChI is InChI=1S/C12H16ClN3S/c1-8-12(13)11(16(2)15-8)6-10(14)5-9-3-4-17-7-9/h3-4,7,10H,5-6,14H2,1-2H3. The van der Waals surface area contributed by atoms with Crippen LogP contribution >= 0.6 is 22.9 Å². The topological polar surface area (TPSA) is 43.8 Å². The lowest BCUT2D eigenvalue weighted by Gasteiger charge is -2.11. The lowest BCUT2D eigenvalue weighted by atomic mass is 10.0. The van der Waals surface area contributed by atoms with Crippen molar-refractivity contribution in [3.63, 3.8) is 0 Å². The number of aryl methyl sites for hydroxylation is 2.